The number of nitrogens with zero attached hydrogens (tertiary/aromatic N) is 1. The highest BCUT2D eigenvalue weighted by molar-refractivity contribution is 7.92. The zero-order chi connectivity index (χ0) is 26.4. The van der Waals surface area contributed by atoms with E-state index in [4.69, 9.17) is 4.74 Å². The first-order chi connectivity index (χ1) is 16.4. The zero-order valence-corrected chi connectivity index (χ0v) is 21.2. The summed E-state index contributed by atoms with van der Waals surface area (Å²) in [6.45, 7) is 12.1. The van der Waals surface area contributed by atoms with Crippen LogP contribution in [0.15, 0.2) is 71.4 Å². The summed E-state index contributed by atoms with van der Waals surface area (Å²) in [4.78, 5) is 26.1. The fraction of sp³-hybridized carbons (Fsp3) is 0.231. The molecule has 0 fully saturated rings. The van der Waals surface area contributed by atoms with E-state index in [1.165, 1.54) is 16.8 Å². The summed E-state index contributed by atoms with van der Waals surface area (Å²) >= 11 is 0. The summed E-state index contributed by atoms with van der Waals surface area (Å²) in [7, 11) is -1.80. The molecule has 2 N–H and O–H groups in total. The van der Waals surface area contributed by atoms with Crippen LogP contribution in [-0.2, 0) is 15.4 Å². The molecule has 3 rings (SSSR count). The van der Waals surface area contributed by atoms with Gasteiger partial charge in [0.05, 0.1) is 24.6 Å². The van der Waals surface area contributed by atoms with Crippen molar-refractivity contribution in [2.24, 2.45) is 0 Å². The summed E-state index contributed by atoms with van der Waals surface area (Å²) in [5, 5.41) is 0. The average molecular weight is 496 g/mol. The minimum absolute atomic E-state index is 0.317. The van der Waals surface area contributed by atoms with E-state index in [1.807, 2.05) is 26.8 Å². The molecule has 35 heavy (non-hydrogen) atoms. The lowest BCUT2D eigenvalue weighted by Gasteiger charge is -2.24. The lowest BCUT2D eigenvalue weighted by Crippen LogP contribution is -2.28. The number of H-pyrrole nitrogens is 1. The number of nitrogens with one attached hydrogen (secondary N) is 2. The molecule has 9 heteroatoms. The maximum atomic E-state index is 12.4. The van der Waals surface area contributed by atoms with Gasteiger partial charge in [-0.15, -0.1) is 13.2 Å². The van der Waals surface area contributed by atoms with Crippen molar-refractivity contribution in [2.45, 2.75) is 26.2 Å². The van der Waals surface area contributed by atoms with E-state index >= 15 is 0 Å². The van der Waals surface area contributed by atoms with Gasteiger partial charge < -0.3 is 4.74 Å². The highest BCUT2D eigenvalue weighted by atomic mass is 32.2. The summed E-state index contributed by atoms with van der Waals surface area (Å²) in [5.74, 6) is 6.74. The Morgan fingerprint density at radius 1 is 1.03 bits per heavy atom. The van der Waals surface area contributed by atoms with Crippen molar-refractivity contribution >= 4 is 15.7 Å². The van der Waals surface area contributed by atoms with Crippen LogP contribution < -0.4 is 20.7 Å². The monoisotopic (exact) mass is 495 g/mol. The third-order valence-corrected chi connectivity index (χ3v) is 5.32. The fourth-order valence-electron chi connectivity index (χ4n) is 3.22. The molecule has 0 bridgehead atoms. The van der Waals surface area contributed by atoms with Crippen LogP contribution in [0.3, 0.4) is 0 Å². The Hall–Kier alpha value is -4.03. The molecule has 0 saturated heterocycles. The van der Waals surface area contributed by atoms with E-state index in [1.54, 1.807) is 37.4 Å². The number of aromatic nitrogens is 2. The number of ether oxygens (including phenoxy) is 1. The lowest BCUT2D eigenvalue weighted by molar-refractivity contribution is 0.396. The quantitative estimate of drug-likeness (QED) is 0.426. The Labute approximate surface area is 205 Å². The van der Waals surface area contributed by atoms with Gasteiger partial charge in [0, 0.05) is 29.1 Å². The highest BCUT2D eigenvalue weighted by Crippen LogP contribution is 2.35. The molecule has 0 spiro atoms. The molecular weight excluding hydrogens is 466 g/mol. The van der Waals surface area contributed by atoms with Crippen molar-refractivity contribution in [1.82, 2.24) is 9.55 Å². The van der Waals surface area contributed by atoms with Gasteiger partial charge >= 0.3 is 5.69 Å². The van der Waals surface area contributed by atoms with E-state index in [-0.39, 0.29) is 5.41 Å². The molecule has 0 saturated carbocycles. The molecule has 184 valence electrons. The van der Waals surface area contributed by atoms with Gasteiger partial charge in [0.1, 0.15) is 5.75 Å². The van der Waals surface area contributed by atoms with Gasteiger partial charge in [-0.1, -0.05) is 32.6 Å². The number of methoxy groups -OCH3 is 1. The van der Waals surface area contributed by atoms with E-state index in [0.717, 1.165) is 11.8 Å². The molecule has 0 aliphatic rings. The summed E-state index contributed by atoms with van der Waals surface area (Å²) < 4.78 is 32.2. The van der Waals surface area contributed by atoms with Crippen LogP contribution in [0.5, 0.6) is 5.75 Å². The Bertz CT molecular complexity index is 1480. The number of aromatic amines is 1. The Morgan fingerprint density at radius 2 is 1.66 bits per heavy atom. The minimum atomic E-state index is -3.36. The summed E-state index contributed by atoms with van der Waals surface area (Å²) in [6.07, 6.45) is 2.50. The Morgan fingerprint density at radius 3 is 2.17 bits per heavy atom. The van der Waals surface area contributed by atoms with E-state index in [2.05, 4.69) is 34.7 Å². The second-order valence-corrected chi connectivity index (χ2v) is 10.3. The number of sulfonamides is 1. The van der Waals surface area contributed by atoms with Crippen molar-refractivity contribution in [3.05, 3.63) is 99.3 Å². The molecule has 8 nitrogen and oxygen atoms in total. The van der Waals surface area contributed by atoms with E-state index in [9.17, 15) is 18.0 Å². The van der Waals surface area contributed by atoms with Gasteiger partial charge in [0.25, 0.3) is 5.56 Å². The van der Waals surface area contributed by atoms with Crippen LogP contribution in [0.25, 0.3) is 5.69 Å². The lowest BCUT2D eigenvalue weighted by atomic mass is 9.84. The minimum Gasteiger partial charge on any atom is -0.495 e. The number of hydrogen-bond donors (Lipinski definition) is 2. The Kier molecular flexibility index (Phi) is 8.50. The van der Waals surface area contributed by atoms with Gasteiger partial charge in [-0.3, -0.25) is 19.1 Å². The third kappa shape index (κ3) is 7.22. The average Bonchev–Trinajstić information content (AvgIpc) is 2.77. The third-order valence-electron chi connectivity index (χ3n) is 4.72. The molecule has 0 aliphatic heterocycles. The van der Waals surface area contributed by atoms with Gasteiger partial charge in [-0.2, -0.15) is 0 Å². The summed E-state index contributed by atoms with van der Waals surface area (Å²) in [6, 6.07) is 11.5. The van der Waals surface area contributed by atoms with Crippen LogP contribution in [0.4, 0.5) is 5.69 Å². The van der Waals surface area contributed by atoms with Crippen LogP contribution in [0.2, 0.25) is 0 Å². The number of anilines is 1. The van der Waals surface area contributed by atoms with Gasteiger partial charge in [-0.05, 0) is 41.8 Å². The predicted octanol–water partition coefficient (Wildman–Crippen LogP) is 3.41. The SMILES string of the molecule is C=C.COc1c(C#Cc2ccc(NS(C)(=O)=O)cc2)cc(-n2ccc(=O)[nH]c2=O)cc1C(C)(C)C. The number of rotatable bonds is 4. The zero-order valence-electron chi connectivity index (χ0n) is 20.4. The van der Waals surface area contributed by atoms with Crippen molar-refractivity contribution in [1.29, 1.82) is 0 Å². The molecule has 0 atom stereocenters. The first-order valence-electron chi connectivity index (χ1n) is 10.5. The smallest absolute Gasteiger partial charge is 0.332 e. The van der Waals surface area contributed by atoms with Crippen molar-refractivity contribution in [3.8, 4) is 23.3 Å². The van der Waals surface area contributed by atoms with Crippen molar-refractivity contribution in [2.75, 3.05) is 18.1 Å². The molecule has 2 aromatic carbocycles. The topological polar surface area (TPSA) is 110 Å². The summed E-state index contributed by atoms with van der Waals surface area (Å²) in [5.41, 5.74) is 1.71. The second-order valence-electron chi connectivity index (χ2n) is 8.51. The Balaban J connectivity index is 0.00000210. The first-order valence-corrected chi connectivity index (χ1v) is 12.4. The predicted molar refractivity (Wildman–Crippen MR) is 140 cm³/mol. The van der Waals surface area contributed by atoms with Crippen molar-refractivity contribution in [3.63, 3.8) is 0 Å². The number of hydrogen-bond acceptors (Lipinski definition) is 5. The second kappa shape index (κ2) is 10.9. The fourth-order valence-corrected chi connectivity index (χ4v) is 3.78. The van der Waals surface area contributed by atoms with Gasteiger partial charge in [0.15, 0.2) is 0 Å². The molecule has 1 aromatic heterocycles. The molecule has 0 radical (unpaired) electrons. The maximum absolute atomic E-state index is 12.4. The molecular formula is C26H29N3O5S. The van der Waals surface area contributed by atoms with Gasteiger partial charge in [-0.25, -0.2) is 13.2 Å². The van der Waals surface area contributed by atoms with E-state index in [0.29, 0.717) is 28.3 Å². The van der Waals surface area contributed by atoms with Crippen LogP contribution in [-0.4, -0.2) is 31.3 Å². The largest absolute Gasteiger partial charge is 0.495 e. The molecule has 1 heterocycles. The maximum Gasteiger partial charge on any atom is 0.332 e. The highest BCUT2D eigenvalue weighted by Gasteiger charge is 2.22. The molecule has 0 unspecified atom stereocenters. The normalized spacial score (nSPS) is 10.9. The van der Waals surface area contributed by atoms with Gasteiger partial charge in [0.2, 0.25) is 10.0 Å². The molecule has 3 aromatic rings. The molecule has 0 aliphatic carbocycles. The standard InChI is InChI=1S/C24H25N3O5S.C2H4/c1-24(2,3)20-15-19(27-13-12-21(28)25-23(27)29)14-17(22(20)32-4)9-6-16-7-10-18(11-8-16)26-33(5,30)31;1-2/h7-8,10-15,26H,1-5H3,(H,25,28,29);1-2H2. The van der Waals surface area contributed by atoms with Crippen LogP contribution in [0, 0.1) is 11.8 Å². The first kappa shape index (κ1) is 27.2. The van der Waals surface area contributed by atoms with Crippen molar-refractivity contribution < 1.29 is 13.2 Å². The van der Waals surface area contributed by atoms with E-state index < -0.39 is 21.3 Å². The number of benzene rings is 2. The van der Waals surface area contributed by atoms with Crippen LogP contribution >= 0.6 is 0 Å². The van der Waals surface area contributed by atoms with Crippen LogP contribution in [0.1, 0.15) is 37.5 Å². The molecule has 0 amide bonds.